The van der Waals surface area contributed by atoms with Crippen molar-refractivity contribution >= 4 is 32.7 Å². The summed E-state index contributed by atoms with van der Waals surface area (Å²) in [6.45, 7) is 3.05. The summed E-state index contributed by atoms with van der Waals surface area (Å²) in [5.74, 6) is -0.201. The lowest BCUT2D eigenvalue weighted by Crippen LogP contribution is -2.25. The van der Waals surface area contributed by atoms with E-state index in [1.165, 1.54) is 19.2 Å². The summed E-state index contributed by atoms with van der Waals surface area (Å²) in [6, 6.07) is 19.2. The fraction of sp³-hybridized carbons (Fsp3) is 0.200. The summed E-state index contributed by atoms with van der Waals surface area (Å²) in [5, 5.41) is 2.85. The highest BCUT2D eigenvalue weighted by atomic mass is 32.2. The second-order valence-corrected chi connectivity index (χ2v) is 9.52. The Bertz CT molecular complexity index is 1410. The smallest absolute Gasteiger partial charge is 0.265 e. The highest BCUT2D eigenvalue weighted by molar-refractivity contribution is 7.92. The number of methoxy groups -OCH3 is 1. The molecule has 0 aliphatic carbocycles. The van der Waals surface area contributed by atoms with E-state index in [0.717, 1.165) is 16.6 Å². The van der Waals surface area contributed by atoms with Gasteiger partial charge >= 0.3 is 0 Å². The zero-order chi connectivity index (χ0) is 24.1. The van der Waals surface area contributed by atoms with Gasteiger partial charge in [-0.2, -0.15) is 0 Å². The summed E-state index contributed by atoms with van der Waals surface area (Å²) < 4.78 is 35.8. The minimum Gasteiger partial charge on any atom is -0.495 e. The molecule has 3 aromatic carbocycles. The van der Waals surface area contributed by atoms with E-state index in [9.17, 15) is 13.2 Å². The van der Waals surface area contributed by atoms with Gasteiger partial charge in [-0.25, -0.2) is 13.4 Å². The van der Waals surface area contributed by atoms with Crippen LogP contribution in [0.5, 0.6) is 5.75 Å². The molecule has 8 nitrogen and oxygen atoms in total. The summed E-state index contributed by atoms with van der Waals surface area (Å²) in [6.07, 6.45) is 2.48. The van der Waals surface area contributed by atoms with Crippen molar-refractivity contribution in [2.75, 3.05) is 18.4 Å². The van der Waals surface area contributed by atoms with Crippen LogP contribution in [0, 0.1) is 6.92 Å². The maximum Gasteiger partial charge on any atom is 0.265 e. The lowest BCUT2D eigenvalue weighted by molar-refractivity contribution is 0.0952. The van der Waals surface area contributed by atoms with Crippen LogP contribution < -0.4 is 14.8 Å². The third-order valence-electron chi connectivity index (χ3n) is 5.41. The van der Waals surface area contributed by atoms with Gasteiger partial charge in [0.25, 0.3) is 15.9 Å². The lowest BCUT2D eigenvalue weighted by atomic mass is 10.2. The number of para-hydroxylation sites is 2. The van der Waals surface area contributed by atoms with Crippen molar-refractivity contribution in [2.45, 2.75) is 24.8 Å². The van der Waals surface area contributed by atoms with Gasteiger partial charge in [0.2, 0.25) is 0 Å². The highest BCUT2D eigenvalue weighted by Crippen LogP contribution is 2.27. The van der Waals surface area contributed by atoms with Crippen molar-refractivity contribution < 1.29 is 17.9 Å². The van der Waals surface area contributed by atoms with Crippen LogP contribution in [0.2, 0.25) is 0 Å². The second kappa shape index (κ2) is 9.96. The number of benzene rings is 3. The third-order valence-corrected chi connectivity index (χ3v) is 6.81. The van der Waals surface area contributed by atoms with Gasteiger partial charge in [0, 0.05) is 24.3 Å². The SMILES string of the molecule is COc1ccc(C(=O)NCCCn2cnc3ccccc32)cc1S(=O)(=O)Nc1ccc(C)cc1. The molecule has 2 N–H and O–H groups in total. The number of ether oxygens (including phenoxy) is 1. The normalized spacial score (nSPS) is 11.4. The van der Waals surface area contributed by atoms with Crippen molar-refractivity contribution in [1.29, 1.82) is 0 Å². The van der Waals surface area contributed by atoms with Gasteiger partial charge in [0.1, 0.15) is 10.6 Å². The number of carbonyl (C=O) groups is 1. The number of amides is 1. The van der Waals surface area contributed by atoms with Crippen LogP contribution in [0.15, 0.2) is 78.0 Å². The van der Waals surface area contributed by atoms with Gasteiger partial charge in [-0.3, -0.25) is 9.52 Å². The number of aryl methyl sites for hydroxylation is 2. The fourth-order valence-electron chi connectivity index (χ4n) is 3.60. The number of nitrogens with zero attached hydrogens (tertiary/aromatic N) is 2. The molecular formula is C25H26N4O4S. The standard InChI is InChI=1S/C25H26N4O4S/c1-18-8-11-20(12-9-18)28-34(31,32)24-16-19(10-13-23(24)33-2)25(30)26-14-5-15-29-17-27-21-6-3-4-7-22(21)29/h3-4,6-13,16-17,28H,5,14-15H2,1-2H3,(H,26,30). The zero-order valence-electron chi connectivity index (χ0n) is 19.0. The highest BCUT2D eigenvalue weighted by Gasteiger charge is 2.22. The summed E-state index contributed by atoms with van der Waals surface area (Å²) in [5.41, 5.74) is 3.64. The first-order valence-electron chi connectivity index (χ1n) is 10.8. The van der Waals surface area contributed by atoms with E-state index in [2.05, 4.69) is 15.0 Å². The number of anilines is 1. The molecule has 4 aromatic rings. The van der Waals surface area contributed by atoms with Crippen LogP contribution in [0.1, 0.15) is 22.3 Å². The monoisotopic (exact) mass is 478 g/mol. The van der Waals surface area contributed by atoms with Crippen molar-refractivity contribution in [1.82, 2.24) is 14.9 Å². The first-order chi connectivity index (χ1) is 16.4. The lowest BCUT2D eigenvalue weighted by Gasteiger charge is -2.13. The Balaban J connectivity index is 1.42. The molecule has 0 saturated heterocycles. The predicted octanol–water partition coefficient (Wildman–Crippen LogP) is 3.97. The Morgan fingerprint density at radius 3 is 2.59 bits per heavy atom. The maximum absolute atomic E-state index is 13.0. The van der Waals surface area contributed by atoms with Gasteiger partial charge in [-0.15, -0.1) is 0 Å². The minimum absolute atomic E-state index is 0.104. The number of fused-ring (bicyclic) bond motifs is 1. The molecule has 34 heavy (non-hydrogen) atoms. The maximum atomic E-state index is 13.0. The molecule has 0 atom stereocenters. The Kier molecular flexibility index (Phi) is 6.83. The van der Waals surface area contributed by atoms with E-state index < -0.39 is 10.0 Å². The van der Waals surface area contributed by atoms with Gasteiger partial charge in [0.05, 0.1) is 24.5 Å². The van der Waals surface area contributed by atoms with E-state index in [-0.39, 0.29) is 22.1 Å². The van der Waals surface area contributed by atoms with Crippen LogP contribution in [-0.2, 0) is 16.6 Å². The molecule has 0 saturated carbocycles. The number of hydrogen-bond donors (Lipinski definition) is 2. The van der Waals surface area contributed by atoms with E-state index >= 15 is 0 Å². The summed E-state index contributed by atoms with van der Waals surface area (Å²) >= 11 is 0. The number of hydrogen-bond acceptors (Lipinski definition) is 5. The fourth-order valence-corrected chi connectivity index (χ4v) is 4.86. The number of rotatable bonds is 9. The van der Waals surface area contributed by atoms with Crippen molar-refractivity contribution in [3.63, 3.8) is 0 Å². The molecule has 0 unspecified atom stereocenters. The Morgan fingerprint density at radius 1 is 1.06 bits per heavy atom. The van der Waals surface area contributed by atoms with E-state index in [0.29, 0.717) is 25.2 Å². The number of nitrogens with one attached hydrogen (secondary N) is 2. The molecule has 0 spiro atoms. The van der Waals surface area contributed by atoms with E-state index in [1.54, 1.807) is 24.5 Å². The van der Waals surface area contributed by atoms with E-state index in [1.807, 2.05) is 47.9 Å². The summed E-state index contributed by atoms with van der Waals surface area (Å²) in [7, 11) is -2.58. The molecule has 1 amide bonds. The van der Waals surface area contributed by atoms with Crippen molar-refractivity contribution in [3.8, 4) is 5.75 Å². The molecule has 4 rings (SSSR count). The average molecular weight is 479 g/mol. The average Bonchev–Trinajstić information content (AvgIpc) is 3.25. The Hall–Kier alpha value is -3.85. The minimum atomic E-state index is -3.97. The van der Waals surface area contributed by atoms with Crippen LogP contribution >= 0.6 is 0 Å². The number of carbonyl (C=O) groups excluding carboxylic acids is 1. The van der Waals surface area contributed by atoms with Crippen LogP contribution in [0.25, 0.3) is 11.0 Å². The van der Waals surface area contributed by atoms with Crippen LogP contribution in [0.3, 0.4) is 0 Å². The number of sulfonamides is 1. The van der Waals surface area contributed by atoms with Crippen LogP contribution in [-0.4, -0.2) is 37.5 Å². The zero-order valence-corrected chi connectivity index (χ0v) is 19.8. The largest absolute Gasteiger partial charge is 0.495 e. The Labute approximate surface area is 198 Å². The second-order valence-electron chi connectivity index (χ2n) is 7.87. The number of aromatic nitrogens is 2. The topological polar surface area (TPSA) is 102 Å². The quantitative estimate of drug-likeness (QED) is 0.354. The molecule has 1 heterocycles. The van der Waals surface area contributed by atoms with Crippen molar-refractivity contribution in [2.24, 2.45) is 0 Å². The molecule has 176 valence electrons. The third kappa shape index (κ3) is 5.20. The van der Waals surface area contributed by atoms with Gasteiger partial charge in [0.15, 0.2) is 0 Å². The van der Waals surface area contributed by atoms with E-state index in [4.69, 9.17) is 4.74 Å². The molecular weight excluding hydrogens is 452 g/mol. The molecule has 0 radical (unpaired) electrons. The summed E-state index contributed by atoms with van der Waals surface area (Å²) in [4.78, 5) is 17.0. The van der Waals surface area contributed by atoms with Gasteiger partial charge < -0.3 is 14.6 Å². The molecule has 0 aliphatic heterocycles. The number of imidazole rings is 1. The first-order valence-corrected chi connectivity index (χ1v) is 12.3. The van der Waals surface area contributed by atoms with Crippen LogP contribution in [0.4, 0.5) is 5.69 Å². The molecule has 1 aromatic heterocycles. The van der Waals surface area contributed by atoms with Gasteiger partial charge in [-0.05, 0) is 55.8 Å². The molecule has 9 heteroatoms. The van der Waals surface area contributed by atoms with Crippen molar-refractivity contribution in [3.05, 3.63) is 84.2 Å². The van der Waals surface area contributed by atoms with Gasteiger partial charge in [-0.1, -0.05) is 29.8 Å². The Morgan fingerprint density at radius 2 is 1.82 bits per heavy atom. The molecule has 0 fully saturated rings. The molecule has 0 aliphatic rings. The predicted molar refractivity (Wildman–Crippen MR) is 132 cm³/mol. The molecule has 0 bridgehead atoms. The first kappa shape index (κ1) is 23.3.